The van der Waals surface area contributed by atoms with Crippen LogP contribution < -0.4 is 14.8 Å². The molecule has 0 aliphatic rings. The summed E-state index contributed by atoms with van der Waals surface area (Å²) in [6.45, 7) is 5.57. The Balaban J connectivity index is 1.76. The van der Waals surface area contributed by atoms with Gasteiger partial charge in [0.2, 0.25) is 15.9 Å². The Morgan fingerprint density at radius 2 is 1.63 bits per heavy atom. The van der Waals surface area contributed by atoms with Crippen LogP contribution in [0.3, 0.4) is 0 Å². The van der Waals surface area contributed by atoms with Gasteiger partial charge in [0.25, 0.3) is 0 Å². The molecule has 0 saturated heterocycles. The molecule has 0 radical (unpaired) electrons. The minimum absolute atomic E-state index is 0.0438. The first kappa shape index (κ1) is 21.6. The molecular weight excluding hydrogens is 402 g/mol. The van der Waals surface area contributed by atoms with Crippen molar-refractivity contribution in [2.75, 3.05) is 12.4 Å². The molecule has 1 aromatic heterocycles. The van der Waals surface area contributed by atoms with E-state index in [-0.39, 0.29) is 17.3 Å². The summed E-state index contributed by atoms with van der Waals surface area (Å²) in [7, 11) is -2.32. The maximum atomic E-state index is 12.7. The van der Waals surface area contributed by atoms with Crippen molar-refractivity contribution in [1.29, 1.82) is 0 Å². The van der Waals surface area contributed by atoms with Crippen molar-refractivity contribution in [3.05, 3.63) is 71.5 Å². The first-order valence-electron chi connectivity index (χ1n) is 9.41. The lowest BCUT2D eigenvalue weighted by Crippen LogP contribution is -2.23. The molecule has 0 aliphatic heterocycles. The summed E-state index contributed by atoms with van der Waals surface area (Å²) in [5.74, 6) is 0.0689. The summed E-state index contributed by atoms with van der Waals surface area (Å²) in [6, 6.07) is 16.2. The van der Waals surface area contributed by atoms with Gasteiger partial charge in [-0.1, -0.05) is 12.1 Å². The zero-order chi connectivity index (χ0) is 21.9. The first-order chi connectivity index (χ1) is 14.2. The molecule has 0 saturated carbocycles. The standard InChI is InChI=1S/C22H25N3O4S/c1-15-5-6-16(2)25(15)19-9-7-18(8-10-19)14-23-30(27,28)20-11-12-22(29-4)21(13-20)24-17(3)26/h5-13,23H,14H2,1-4H3,(H,24,26). The summed E-state index contributed by atoms with van der Waals surface area (Å²) in [5, 5.41) is 2.58. The molecule has 3 aromatic rings. The van der Waals surface area contributed by atoms with Gasteiger partial charge in [0, 0.05) is 30.5 Å². The molecule has 0 unspecified atom stereocenters. The van der Waals surface area contributed by atoms with Crippen LogP contribution in [0.4, 0.5) is 5.69 Å². The van der Waals surface area contributed by atoms with Crippen LogP contribution in [0.1, 0.15) is 23.9 Å². The highest BCUT2D eigenvalue weighted by Gasteiger charge is 2.17. The van der Waals surface area contributed by atoms with Crippen LogP contribution >= 0.6 is 0 Å². The Bertz CT molecular complexity index is 1150. The van der Waals surface area contributed by atoms with E-state index in [0.29, 0.717) is 11.4 Å². The number of aromatic nitrogens is 1. The zero-order valence-corrected chi connectivity index (χ0v) is 18.2. The summed E-state index contributed by atoms with van der Waals surface area (Å²) in [6.07, 6.45) is 0. The number of aryl methyl sites for hydroxylation is 2. The van der Waals surface area contributed by atoms with Gasteiger partial charge in [-0.3, -0.25) is 4.79 Å². The molecule has 2 aromatic carbocycles. The van der Waals surface area contributed by atoms with Crippen LogP contribution in [0.15, 0.2) is 59.5 Å². The van der Waals surface area contributed by atoms with Gasteiger partial charge in [0.1, 0.15) is 5.75 Å². The lowest BCUT2D eigenvalue weighted by atomic mass is 10.2. The lowest BCUT2D eigenvalue weighted by Gasteiger charge is -2.13. The fourth-order valence-corrected chi connectivity index (χ4v) is 4.29. The SMILES string of the molecule is COc1ccc(S(=O)(=O)NCc2ccc(-n3c(C)ccc3C)cc2)cc1NC(C)=O. The molecule has 0 bridgehead atoms. The number of anilines is 1. The Kier molecular flexibility index (Phi) is 6.28. The molecule has 3 rings (SSSR count). The summed E-state index contributed by atoms with van der Waals surface area (Å²) in [5.41, 5.74) is 4.43. The van der Waals surface area contributed by atoms with Gasteiger partial charge in [0.15, 0.2) is 0 Å². The Morgan fingerprint density at radius 3 is 2.20 bits per heavy atom. The van der Waals surface area contributed by atoms with Gasteiger partial charge in [0.05, 0.1) is 17.7 Å². The second-order valence-electron chi connectivity index (χ2n) is 6.99. The smallest absolute Gasteiger partial charge is 0.240 e. The van der Waals surface area contributed by atoms with E-state index in [2.05, 4.69) is 26.7 Å². The third-order valence-electron chi connectivity index (χ3n) is 4.72. The number of ether oxygens (including phenoxy) is 1. The minimum atomic E-state index is -3.77. The summed E-state index contributed by atoms with van der Waals surface area (Å²) in [4.78, 5) is 11.4. The number of carbonyl (C=O) groups excluding carboxylic acids is 1. The van der Waals surface area contributed by atoms with Gasteiger partial charge in [-0.15, -0.1) is 0 Å². The predicted octanol–water partition coefficient (Wildman–Crippen LogP) is 3.54. The number of sulfonamides is 1. The number of nitrogens with one attached hydrogen (secondary N) is 2. The quantitative estimate of drug-likeness (QED) is 0.604. The topological polar surface area (TPSA) is 89.4 Å². The third kappa shape index (κ3) is 4.72. The number of nitrogens with zero attached hydrogens (tertiary/aromatic N) is 1. The van der Waals surface area contributed by atoms with E-state index in [0.717, 1.165) is 22.6 Å². The second-order valence-corrected chi connectivity index (χ2v) is 8.75. The number of amides is 1. The van der Waals surface area contributed by atoms with Crippen LogP contribution in [-0.2, 0) is 21.4 Å². The van der Waals surface area contributed by atoms with Crippen molar-refractivity contribution in [1.82, 2.24) is 9.29 Å². The van der Waals surface area contributed by atoms with E-state index < -0.39 is 10.0 Å². The number of methoxy groups -OCH3 is 1. The van der Waals surface area contributed by atoms with Gasteiger partial charge in [-0.25, -0.2) is 13.1 Å². The van der Waals surface area contributed by atoms with Gasteiger partial charge < -0.3 is 14.6 Å². The van der Waals surface area contributed by atoms with E-state index in [1.54, 1.807) is 0 Å². The fraction of sp³-hybridized carbons (Fsp3) is 0.227. The predicted molar refractivity (Wildman–Crippen MR) is 117 cm³/mol. The lowest BCUT2D eigenvalue weighted by molar-refractivity contribution is -0.114. The molecule has 0 spiro atoms. The normalized spacial score (nSPS) is 11.3. The largest absolute Gasteiger partial charge is 0.495 e. The highest BCUT2D eigenvalue weighted by atomic mass is 32.2. The van der Waals surface area contributed by atoms with E-state index >= 15 is 0 Å². The van der Waals surface area contributed by atoms with Crippen LogP contribution in [0.25, 0.3) is 5.69 Å². The van der Waals surface area contributed by atoms with E-state index in [1.165, 1.54) is 32.2 Å². The molecule has 0 aliphatic carbocycles. The Labute approximate surface area is 176 Å². The summed E-state index contributed by atoms with van der Waals surface area (Å²) >= 11 is 0. The van der Waals surface area contributed by atoms with Crippen LogP contribution in [-0.4, -0.2) is 26.0 Å². The molecule has 7 nitrogen and oxygen atoms in total. The zero-order valence-electron chi connectivity index (χ0n) is 17.4. The Hall–Kier alpha value is -3.10. The molecule has 30 heavy (non-hydrogen) atoms. The molecule has 8 heteroatoms. The van der Waals surface area contributed by atoms with Crippen molar-refractivity contribution in [2.45, 2.75) is 32.2 Å². The molecule has 158 valence electrons. The number of hydrogen-bond acceptors (Lipinski definition) is 4. The minimum Gasteiger partial charge on any atom is -0.495 e. The maximum absolute atomic E-state index is 12.7. The molecule has 0 fully saturated rings. The average Bonchev–Trinajstić information content (AvgIpc) is 3.04. The Morgan fingerprint density at radius 1 is 1.00 bits per heavy atom. The van der Waals surface area contributed by atoms with Crippen molar-refractivity contribution >= 4 is 21.6 Å². The van der Waals surface area contributed by atoms with Crippen molar-refractivity contribution in [2.24, 2.45) is 0 Å². The maximum Gasteiger partial charge on any atom is 0.240 e. The number of carbonyl (C=O) groups is 1. The number of benzene rings is 2. The van der Waals surface area contributed by atoms with Crippen LogP contribution in [0, 0.1) is 13.8 Å². The van der Waals surface area contributed by atoms with E-state index in [1.807, 2.05) is 38.1 Å². The second kappa shape index (κ2) is 8.73. The molecule has 1 amide bonds. The van der Waals surface area contributed by atoms with Gasteiger partial charge in [-0.05, 0) is 61.9 Å². The van der Waals surface area contributed by atoms with Crippen LogP contribution in [0.2, 0.25) is 0 Å². The molecule has 1 heterocycles. The fourth-order valence-electron chi connectivity index (χ4n) is 3.24. The van der Waals surface area contributed by atoms with Gasteiger partial charge >= 0.3 is 0 Å². The first-order valence-corrected chi connectivity index (χ1v) is 10.9. The number of hydrogen-bond donors (Lipinski definition) is 2. The molecular formula is C22H25N3O4S. The van der Waals surface area contributed by atoms with E-state index in [9.17, 15) is 13.2 Å². The third-order valence-corrected chi connectivity index (χ3v) is 6.12. The van der Waals surface area contributed by atoms with E-state index in [4.69, 9.17) is 4.74 Å². The van der Waals surface area contributed by atoms with Crippen molar-refractivity contribution in [3.63, 3.8) is 0 Å². The average molecular weight is 428 g/mol. The van der Waals surface area contributed by atoms with Crippen LogP contribution in [0.5, 0.6) is 5.75 Å². The highest BCUT2D eigenvalue weighted by molar-refractivity contribution is 7.89. The van der Waals surface area contributed by atoms with Crippen molar-refractivity contribution in [3.8, 4) is 11.4 Å². The monoisotopic (exact) mass is 427 g/mol. The van der Waals surface area contributed by atoms with Crippen molar-refractivity contribution < 1.29 is 17.9 Å². The van der Waals surface area contributed by atoms with Gasteiger partial charge in [-0.2, -0.15) is 0 Å². The highest BCUT2D eigenvalue weighted by Crippen LogP contribution is 2.27. The summed E-state index contributed by atoms with van der Waals surface area (Å²) < 4.78 is 35.3. The number of rotatable bonds is 7. The molecule has 0 atom stereocenters. The molecule has 2 N–H and O–H groups in total.